The third-order valence-electron chi connectivity index (χ3n) is 3.90. The summed E-state index contributed by atoms with van der Waals surface area (Å²) in [4.78, 5) is 12.2. The van der Waals surface area contributed by atoms with Crippen LogP contribution in [0.2, 0.25) is 0 Å². The fraction of sp³-hybridized carbons (Fsp3) is 0.467. The smallest absolute Gasteiger partial charge is 0.226 e. The van der Waals surface area contributed by atoms with Crippen molar-refractivity contribution in [3.63, 3.8) is 0 Å². The van der Waals surface area contributed by atoms with E-state index in [4.69, 9.17) is 10.3 Å². The summed E-state index contributed by atoms with van der Waals surface area (Å²) < 4.78 is 5.20. The molecule has 6 heteroatoms. The maximum atomic E-state index is 12.2. The maximum absolute atomic E-state index is 12.2. The van der Waals surface area contributed by atoms with Gasteiger partial charge < -0.3 is 15.6 Å². The zero-order valence-electron chi connectivity index (χ0n) is 12.6. The molecule has 21 heavy (non-hydrogen) atoms. The molecule has 0 radical (unpaired) electrons. The molecule has 3 N–H and O–H groups in total. The molecule has 1 aromatic heterocycles. The molecule has 2 rings (SSSR count). The number of fused-ring (bicyclic) bond motifs is 1. The molecule has 0 aliphatic heterocycles. The molecular weight excluding hydrogens is 290 g/mol. The van der Waals surface area contributed by atoms with Crippen molar-refractivity contribution in [1.29, 1.82) is 0 Å². The van der Waals surface area contributed by atoms with Crippen molar-refractivity contribution in [1.82, 2.24) is 10.5 Å². The average Bonchev–Trinajstić information content (AvgIpc) is 2.82. The van der Waals surface area contributed by atoms with E-state index in [1.807, 2.05) is 45.0 Å². The van der Waals surface area contributed by atoms with Crippen LogP contribution in [-0.4, -0.2) is 23.1 Å². The number of rotatable bonds is 5. The Labute approximate surface area is 130 Å². The van der Waals surface area contributed by atoms with Gasteiger partial charge in [0.2, 0.25) is 5.91 Å². The van der Waals surface area contributed by atoms with Crippen LogP contribution in [0.1, 0.15) is 26.5 Å². The van der Waals surface area contributed by atoms with Crippen molar-refractivity contribution in [2.24, 2.45) is 11.7 Å². The molecule has 0 spiro atoms. The minimum Gasteiger partial charge on any atom is -0.356 e. The number of para-hydroxylation sites is 1. The Morgan fingerprint density at radius 3 is 2.71 bits per heavy atom. The predicted molar refractivity (Wildman–Crippen MR) is 85.4 cm³/mol. The van der Waals surface area contributed by atoms with Crippen LogP contribution in [0.4, 0.5) is 0 Å². The molecule has 5 nitrogen and oxygen atoms in total. The molecule has 0 aliphatic carbocycles. The lowest BCUT2D eigenvalue weighted by atomic mass is 9.88. The first-order chi connectivity index (χ1) is 9.46. The number of nitrogens with one attached hydrogen (secondary N) is 1. The summed E-state index contributed by atoms with van der Waals surface area (Å²) in [6.07, 6.45) is 0.194. The zero-order valence-corrected chi connectivity index (χ0v) is 13.4. The van der Waals surface area contributed by atoms with Crippen LogP contribution >= 0.6 is 12.4 Å². The Morgan fingerprint density at radius 2 is 2.10 bits per heavy atom. The largest absolute Gasteiger partial charge is 0.356 e. The summed E-state index contributed by atoms with van der Waals surface area (Å²) in [5.74, 6) is 0.163. The molecule has 0 saturated carbocycles. The number of carbonyl (C=O) groups excluding carboxylic acids is 1. The van der Waals surface area contributed by atoms with Crippen LogP contribution in [0.5, 0.6) is 0 Å². The van der Waals surface area contributed by atoms with Crippen LogP contribution in [0.3, 0.4) is 0 Å². The first-order valence-corrected chi connectivity index (χ1v) is 6.80. The zero-order chi connectivity index (χ0) is 14.8. The minimum atomic E-state index is -0.406. The SMILES string of the molecule is CC(C)C(C)(CN)NC(=O)Cc1noc2ccccc12.Cl. The fourth-order valence-corrected chi connectivity index (χ4v) is 2.01. The molecule has 1 atom stereocenters. The first-order valence-electron chi connectivity index (χ1n) is 6.80. The second kappa shape index (κ2) is 6.91. The summed E-state index contributed by atoms with van der Waals surface area (Å²) in [6.45, 7) is 6.43. The van der Waals surface area contributed by atoms with Gasteiger partial charge in [-0.05, 0) is 25.0 Å². The lowest BCUT2D eigenvalue weighted by Gasteiger charge is -2.33. The number of benzene rings is 1. The van der Waals surface area contributed by atoms with Crippen molar-refractivity contribution < 1.29 is 9.32 Å². The van der Waals surface area contributed by atoms with Crippen molar-refractivity contribution >= 4 is 29.3 Å². The standard InChI is InChI=1S/C15H21N3O2.ClH/c1-10(2)15(3,9-16)17-14(19)8-12-11-6-4-5-7-13(11)20-18-12;/h4-7,10H,8-9,16H2,1-3H3,(H,17,19);1H. The van der Waals surface area contributed by atoms with Gasteiger partial charge in [-0.15, -0.1) is 12.4 Å². The second-order valence-electron chi connectivity index (χ2n) is 5.63. The van der Waals surface area contributed by atoms with Gasteiger partial charge in [-0.25, -0.2) is 0 Å². The molecule has 0 fully saturated rings. The monoisotopic (exact) mass is 311 g/mol. The number of nitrogens with two attached hydrogens (primary N) is 1. The van der Waals surface area contributed by atoms with Gasteiger partial charge in [0, 0.05) is 11.9 Å². The van der Waals surface area contributed by atoms with Gasteiger partial charge in [0.25, 0.3) is 0 Å². The summed E-state index contributed by atoms with van der Waals surface area (Å²) in [5.41, 5.74) is 6.71. The molecule has 2 aromatic rings. The van der Waals surface area contributed by atoms with E-state index >= 15 is 0 Å². The molecule has 0 aliphatic rings. The number of hydrogen-bond acceptors (Lipinski definition) is 4. The quantitative estimate of drug-likeness (QED) is 0.887. The number of aromatic nitrogens is 1. The van der Waals surface area contributed by atoms with E-state index in [9.17, 15) is 4.79 Å². The first kappa shape index (κ1) is 17.5. The lowest BCUT2D eigenvalue weighted by Crippen LogP contribution is -2.55. The van der Waals surface area contributed by atoms with Gasteiger partial charge in [-0.1, -0.05) is 31.1 Å². The van der Waals surface area contributed by atoms with Crippen LogP contribution in [0, 0.1) is 5.92 Å². The van der Waals surface area contributed by atoms with Gasteiger partial charge in [-0.3, -0.25) is 4.79 Å². The summed E-state index contributed by atoms with van der Waals surface area (Å²) in [6, 6.07) is 7.52. The van der Waals surface area contributed by atoms with Crippen LogP contribution in [-0.2, 0) is 11.2 Å². The van der Waals surface area contributed by atoms with Gasteiger partial charge in [0.05, 0.1) is 12.0 Å². The van der Waals surface area contributed by atoms with E-state index in [0.717, 1.165) is 5.39 Å². The van der Waals surface area contributed by atoms with E-state index in [1.54, 1.807) is 0 Å². The van der Waals surface area contributed by atoms with Crippen molar-refractivity contribution in [3.05, 3.63) is 30.0 Å². The highest BCUT2D eigenvalue weighted by Crippen LogP contribution is 2.19. The molecule has 0 bridgehead atoms. The van der Waals surface area contributed by atoms with E-state index in [2.05, 4.69) is 10.5 Å². The highest BCUT2D eigenvalue weighted by molar-refractivity contribution is 5.86. The summed E-state index contributed by atoms with van der Waals surface area (Å²) in [5, 5.41) is 7.85. The second-order valence-corrected chi connectivity index (χ2v) is 5.63. The van der Waals surface area contributed by atoms with E-state index in [-0.39, 0.29) is 30.7 Å². The lowest BCUT2D eigenvalue weighted by molar-refractivity contribution is -0.122. The Morgan fingerprint density at radius 1 is 1.43 bits per heavy atom. The maximum Gasteiger partial charge on any atom is 0.226 e. The molecule has 116 valence electrons. The highest BCUT2D eigenvalue weighted by Gasteiger charge is 2.28. The molecule has 1 heterocycles. The van der Waals surface area contributed by atoms with Crippen LogP contribution in [0.15, 0.2) is 28.8 Å². The normalized spacial score (nSPS) is 13.8. The van der Waals surface area contributed by atoms with E-state index < -0.39 is 5.54 Å². The van der Waals surface area contributed by atoms with Crippen molar-refractivity contribution in [2.45, 2.75) is 32.7 Å². The third-order valence-corrected chi connectivity index (χ3v) is 3.90. The summed E-state index contributed by atoms with van der Waals surface area (Å²) >= 11 is 0. The average molecular weight is 312 g/mol. The van der Waals surface area contributed by atoms with Gasteiger partial charge in [0.1, 0.15) is 5.69 Å². The molecule has 1 amide bonds. The van der Waals surface area contributed by atoms with Crippen LogP contribution in [0.25, 0.3) is 11.0 Å². The number of amides is 1. The van der Waals surface area contributed by atoms with E-state index in [1.165, 1.54) is 0 Å². The Balaban J connectivity index is 0.00000220. The Bertz CT molecular complexity index is 612. The highest BCUT2D eigenvalue weighted by atomic mass is 35.5. The Hall–Kier alpha value is -1.59. The predicted octanol–water partition coefficient (Wildman–Crippen LogP) is 2.28. The number of nitrogens with zero attached hydrogens (tertiary/aromatic N) is 1. The topological polar surface area (TPSA) is 81.1 Å². The molecule has 0 saturated heterocycles. The summed E-state index contributed by atoms with van der Waals surface area (Å²) in [7, 11) is 0. The number of hydrogen-bond donors (Lipinski definition) is 2. The van der Waals surface area contributed by atoms with Gasteiger partial charge >= 0.3 is 0 Å². The van der Waals surface area contributed by atoms with Crippen LogP contribution < -0.4 is 11.1 Å². The van der Waals surface area contributed by atoms with Crippen molar-refractivity contribution in [3.8, 4) is 0 Å². The van der Waals surface area contributed by atoms with Gasteiger partial charge in [0.15, 0.2) is 5.58 Å². The third kappa shape index (κ3) is 3.74. The fourth-order valence-electron chi connectivity index (χ4n) is 2.01. The minimum absolute atomic E-state index is 0. The van der Waals surface area contributed by atoms with Gasteiger partial charge in [-0.2, -0.15) is 0 Å². The molecule has 1 unspecified atom stereocenters. The molecule has 1 aromatic carbocycles. The Kier molecular flexibility index (Phi) is 5.75. The molecular formula is C15H22ClN3O2. The number of carbonyl (C=O) groups is 1. The van der Waals surface area contributed by atoms with E-state index in [0.29, 0.717) is 17.8 Å². The van der Waals surface area contributed by atoms with Crippen molar-refractivity contribution in [2.75, 3.05) is 6.54 Å². The number of halogens is 1.